The van der Waals surface area contributed by atoms with Gasteiger partial charge in [0.2, 0.25) is 0 Å². The number of rotatable bonds is 14. The second-order valence-corrected chi connectivity index (χ2v) is 9.65. The molecule has 0 aliphatic heterocycles. The fraction of sp³-hybridized carbons (Fsp3) is 1.00. The first-order chi connectivity index (χ1) is 9.95. The molecule has 0 aliphatic carbocycles. The second-order valence-electron chi connectivity index (χ2n) is 5.17. The number of hydrogen-bond acceptors (Lipinski definition) is 5. The molecule has 7 heteroatoms. The van der Waals surface area contributed by atoms with Crippen molar-refractivity contribution < 1.29 is 17.7 Å². The highest BCUT2D eigenvalue weighted by Gasteiger charge is 2.39. The largest absolute Gasteiger partial charge is 0.500 e. The quantitative estimate of drug-likeness (QED) is 0.390. The van der Waals surface area contributed by atoms with Gasteiger partial charge >= 0.3 is 8.80 Å². The molecule has 21 heavy (non-hydrogen) atoms. The van der Waals surface area contributed by atoms with Gasteiger partial charge in [-0.05, 0) is 54.5 Å². The lowest BCUT2D eigenvalue weighted by molar-refractivity contribution is 0.0707. The van der Waals surface area contributed by atoms with Crippen LogP contribution >= 0.6 is 0 Å². The average molecular weight is 336 g/mol. The summed E-state index contributed by atoms with van der Waals surface area (Å²) in [6.07, 6.45) is 0.978. The summed E-state index contributed by atoms with van der Waals surface area (Å²) in [6.45, 7) is 15.9. The Morgan fingerprint density at radius 1 is 0.905 bits per heavy atom. The minimum Gasteiger partial charge on any atom is -0.416 e. The molecular weight excluding hydrogens is 302 g/mol. The van der Waals surface area contributed by atoms with Crippen LogP contribution in [0.1, 0.15) is 48.0 Å². The van der Waals surface area contributed by atoms with Crippen molar-refractivity contribution in [2.45, 2.75) is 59.2 Å². The fourth-order valence-electron chi connectivity index (χ4n) is 2.00. The Balaban J connectivity index is 4.23. The third-order valence-electron chi connectivity index (χ3n) is 2.79. The van der Waals surface area contributed by atoms with E-state index in [1.165, 1.54) is 0 Å². The van der Waals surface area contributed by atoms with E-state index >= 15 is 0 Å². The van der Waals surface area contributed by atoms with Crippen molar-refractivity contribution in [2.24, 2.45) is 0 Å². The summed E-state index contributed by atoms with van der Waals surface area (Å²) in [5, 5.41) is 3.55. The predicted molar refractivity (Wildman–Crippen MR) is 89.5 cm³/mol. The molecule has 0 heterocycles. The van der Waals surface area contributed by atoms with Crippen molar-refractivity contribution in [3.8, 4) is 0 Å². The first-order valence-electron chi connectivity index (χ1n) is 8.01. The Hall–Kier alpha value is 0.234. The molecule has 0 aromatic rings. The Morgan fingerprint density at radius 3 is 1.86 bits per heavy atom. The van der Waals surface area contributed by atoms with Gasteiger partial charge in [0, 0.05) is 37.6 Å². The maximum Gasteiger partial charge on any atom is 0.500 e. The van der Waals surface area contributed by atoms with Gasteiger partial charge in [-0.2, -0.15) is 0 Å². The highest BCUT2D eigenvalue weighted by atomic mass is 28.4. The third kappa shape index (κ3) is 9.77. The van der Waals surface area contributed by atoms with Gasteiger partial charge in [0.1, 0.15) is 0 Å². The molecule has 2 radical (unpaired) electrons. The molecule has 0 aromatic heterocycles. The van der Waals surface area contributed by atoms with Crippen molar-refractivity contribution in [2.75, 3.05) is 33.0 Å². The molecule has 0 spiro atoms. The normalized spacial score (nSPS) is 12.9. The maximum absolute atomic E-state index is 5.85. The molecule has 0 amide bonds. The second kappa shape index (κ2) is 11.8. The van der Waals surface area contributed by atoms with E-state index in [1.54, 1.807) is 0 Å². The summed E-state index contributed by atoms with van der Waals surface area (Å²) in [4.78, 5) is 0. The van der Waals surface area contributed by atoms with Crippen LogP contribution in [0.4, 0.5) is 0 Å². The lowest BCUT2D eigenvalue weighted by Crippen LogP contribution is -2.49. The summed E-state index contributed by atoms with van der Waals surface area (Å²) < 4.78 is 23.1. The van der Waals surface area contributed by atoms with Gasteiger partial charge in [-0.25, -0.2) is 0 Å². The van der Waals surface area contributed by atoms with Gasteiger partial charge in [0.15, 0.2) is 0 Å². The zero-order valence-electron chi connectivity index (χ0n) is 14.6. The molecule has 0 rings (SSSR count). The monoisotopic (exact) mass is 335 g/mol. The van der Waals surface area contributed by atoms with Crippen molar-refractivity contribution >= 4 is 18.6 Å². The van der Waals surface area contributed by atoms with Crippen LogP contribution in [0.15, 0.2) is 0 Å². The van der Waals surface area contributed by atoms with Crippen LogP contribution in [0.3, 0.4) is 0 Å². The zero-order chi connectivity index (χ0) is 16.2. The van der Waals surface area contributed by atoms with E-state index in [0.717, 1.165) is 25.6 Å². The van der Waals surface area contributed by atoms with E-state index in [1.807, 2.05) is 27.7 Å². The molecule has 0 aromatic carbocycles. The van der Waals surface area contributed by atoms with Crippen molar-refractivity contribution in [3.63, 3.8) is 0 Å². The molecule has 0 saturated heterocycles. The fourth-order valence-corrected chi connectivity index (χ4v) is 5.31. The first-order valence-corrected chi connectivity index (χ1v) is 10.8. The Kier molecular flexibility index (Phi) is 11.9. The lowest BCUT2D eigenvalue weighted by Gasteiger charge is -2.29. The maximum atomic E-state index is 5.85. The molecule has 0 aliphatic rings. The molecule has 5 nitrogen and oxygen atoms in total. The summed E-state index contributed by atoms with van der Waals surface area (Å²) in [6, 6.07) is 0.851. The minimum absolute atomic E-state index is 0.0169. The van der Waals surface area contributed by atoms with E-state index in [-0.39, 0.29) is 5.16 Å². The Bertz CT molecular complexity index is 238. The molecule has 0 atom stereocenters. The average Bonchev–Trinajstić information content (AvgIpc) is 2.42. The van der Waals surface area contributed by atoms with Crippen LogP contribution in [0.25, 0.3) is 0 Å². The molecule has 0 unspecified atom stereocenters. The highest BCUT2D eigenvalue weighted by molar-refractivity contribution is 6.60. The molecule has 126 valence electrons. The molecular formula is C14H33NO4Si2. The van der Waals surface area contributed by atoms with E-state index in [0.29, 0.717) is 29.6 Å². The van der Waals surface area contributed by atoms with Gasteiger partial charge in [0.25, 0.3) is 9.76 Å². The molecule has 0 fully saturated rings. The number of nitrogens with one attached hydrogen (secondary N) is 1. The summed E-state index contributed by atoms with van der Waals surface area (Å²) in [5.74, 6) is 0. The lowest BCUT2D eigenvalue weighted by atomic mass is 10.3. The molecule has 0 bridgehead atoms. The molecule has 0 saturated carbocycles. The van der Waals surface area contributed by atoms with Crippen LogP contribution in [0, 0.1) is 0 Å². The smallest absolute Gasteiger partial charge is 0.416 e. The van der Waals surface area contributed by atoms with Crippen LogP contribution in [0.5, 0.6) is 0 Å². The van der Waals surface area contributed by atoms with Crippen molar-refractivity contribution in [1.29, 1.82) is 0 Å². The van der Waals surface area contributed by atoms with E-state index in [4.69, 9.17) is 17.7 Å². The Morgan fingerprint density at radius 2 is 1.43 bits per heavy atom. The standard InChI is InChI=1S/C14H33NO4Si2/c1-7-16-20-14(5,6)15-12-11-13-21(17-8-2,18-9-3)19-10-4/h15H,7-13H2,1-6H3. The van der Waals surface area contributed by atoms with Gasteiger partial charge < -0.3 is 23.0 Å². The van der Waals surface area contributed by atoms with E-state index < -0.39 is 8.80 Å². The minimum atomic E-state index is -2.49. The zero-order valence-corrected chi connectivity index (χ0v) is 16.6. The summed E-state index contributed by atoms with van der Waals surface area (Å²) >= 11 is 0. The Labute approximate surface area is 134 Å². The van der Waals surface area contributed by atoms with Gasteiger partial charge in [-0.15, -0.1) is 0 Å². The van der Waals surface area contributed by atoms with Crippen LogP contribution in [-0.4, -0.2) is 56.7 Å². The highest BCUT2D eigenvalue weighted by Crippen LogP contribution is 2.18. The summed E-state index contributed by atoms with van der Waals surface area (Å²) in [5.41, 5.74) is 0. The first kappa shape index (κ1) is 21.2. The van der Waals surface area contributed by atoms with E-state index in [2.05, 4.69) is 19.2 Å². The van der Waals surface area contributed by atoms with Gasteiger partial charge in [0.05, 0.1) is 0 Å². The van der Waals surface area contributed by atoms with Crippen molar-refractivity contribution in [3.05, 3.63) is 0 Å². The third-order valence-corrected chi connectivity index (χ3v) is 7.06. The molecule has 1 N–H and O–H groups in total. The topological polar surface area (TPSA) is 49.0 Å². The van der Waals surface area contributed by atoms with Crippen LogP contribution in [-0.2, 0) is 17.7 Å². The van der Waals surface area contributed by atoms with Crippen molar-refractivity contribution in [1.82, 2.24) is 5.32 Å². The SMILES string of the molecule is CCO[Si]C(C)(C)NCCC[Si](OCC)(OCC)OCC. The number of hydrogen-bond donors (Lipinski definition) is 1. The van der Waals surface area contributed by atoms with Gasteiger partial charge in [-0.1, -0.05) is 0 Å². The summed E-state index contributed by atoms with van der Waals surface area (Å²) in [7, 11) is -2.02. The predicted octanol–water partition coefficient (Wildman–Crippen LogP) is 2.41. The van der Waals surface area contributed by atoms with Gasteiger partial charge in [-0.3, -0.25) is 0 Å². The van der Waals surface area contributed by atoms with E-state index in [9.17, 15) is 0 Å². The van der Waals surface area contributed by atoms with Crippen LogP contribution < -0.4 is 5.32 Å². The van der Waals surface area contributed by atoms with Crippen LogP contribution in [0.2, 0.25) is 6.04 Å².